The minimum Gasteiger partial charge on any atom is -0.355 e. The average molecular weight is 772 g/mol. The molecule has 0 aliphatic carbocycles. The van der Waals surface area contributed by atoms with Gasteiger partial charge in [-0.05, 0) is 109 Å². The van der Waals surface area contributed by atoms with E-state index in [2.05, 4.69) is 59.2 Å². The summed E-state index contributed by atoms with van der Waals surface area (Å²) in [7, 11) is -0.779. The maximum atomic E-state index is 4.63. The van der Waals surface area contributed by atoms with Crippen molar-refractivity contribution < 1.29 is 58.4 Å². The second-order valence-electron chi connectivity index (χ2n) is 9.80. The third kappa shape index (κ3) is 8.78. The van der Waals surface area contributed by atoms with Gasteiger partial charge in [0.2, 0.25) is 0 Å². The first-order valence-corrected chi connectivity index (χ1v) is 15.2. The van der Waals surface area contributed by atoms with E-state index in [-0.39, 0.29) is 58.4 Å². The summed E-state index contributed by atoms with van der Waals surface area (Å²) in [6.07, 6.45) is 13.5. The van der Waals surface area contributed by atoms with Gasteiger partial charge < -0.3 is 9.97 Å². The summed E-state index contributed by atoms with van der Waals surface area (Å²) in [4.78, 5) is 29.5. The maximum absolute atomic E-state index is 4.63. The first-order valence-electron chi connectivity index (χ1n) is 13.8. The van der Waals surface area contributed by atoms with Crippen LogP contribution < -0.4 is 16.3 Å². The number of aromatic amines is 2. The van der Waals surface area contributed by atoms with Crippen LogP contribution in [0.5, 0.6) is 0 Å². The normalized spacial score (nSPS) is 11.0. The fourth-order valence-corrected chi connectivity index (χ4v) is 6.71. The fraction of sp³-hybridized carbons (Fsp3) is 0. The third-order valence-corrected chi connectivity index (χ3v) is 8.85. The van der Waals surface area contributed by atoms with Crippen molar-refractivity contribution in [2.75, 3.05) is 0 Å². The van der Waals surface area contributed by atoms with Gasteiger partial charge >= 0.3 is 0 Å². The Kier molecular flexibility index (Phi) is 12.8. The van der Waals surface area contributed by atoms with Gasteiger partial charge in [-0.2, -0.15) is 0 Å². The van der Waals surface area contributed by atoms with E-state index in [1.807, 2.05) is 122 Å². The van der Waals surface area contributed by atoms with Crippen molar-refractivity contribution in [3.05, 3.63) is 144 Å². The van der Waals surface area contributed by atoms with E-state index >= 15 is 0 Å². The summed E-state index contributed by atoms with van der Waals surface area (Å²) in [6, 6.07) is 34.3. The molecular formula is C35H26N7PZn3. The van der Waals surface area contributed by atoms with Crippen LogP contribution in [0.2, 0.25) is 0 Å². The fourth-order valence-electron chi connectivity index (χ4n) is 4.75. The molecule has 2 aliphatic rings. The van der Waals surface area contributed by atoms with Crippen LogP contribution in [0.25, 0.3) is 46.4 Å². The quantitative estimate of drug-likeness (QED) is 0.163. The van der Waals surface area contributed by atoms with Crippen LogP contribution in [0.1, 0.15) is 22.8 Å². The van der Waals surface area contributed by atoms with Crippen LogP contribution in [-0.2, 0) is 58.4 Å². The molecule has 0 saturated carbocycles. The predicted octanol–water partition coefficient (Wildman–Crippen LogP) is 6.28. The zero-order chi connectivity index (χ0) is 28.8. The number of hydrogen-bond donors (Lipinski definition) is 2. The molecule has 0 atom stereocenters. The average Bonchev–Trinajstić information content (AvgIpc) is 3.86. The van der Waals surface area contributed by atoms with Gasteiger partial charge in [0.25, 0.3) is 0 Å². The molecule has 8 heterocycles. The largest absolute Gasteiger partial charge is 0.355 e. The molecule has 0 saturated heterocycles. The zero-order valence-electron chi connectivity index (χ0n) is 25.2. The SMILES string of the molecule is C1=Cc2cc3ccc(cc4nc(cc5ccc(cc1n2)[nH]5)C=C4)[nH]3.[Zn].[Zn].[Zn].c1ccc(P(c2ccccn2)c2ccccn2)nc1. The molecule has 6 aromatic heterocycles. The minimum absolute atomic E-state index is 0. The van der Waals surface area contributed by atoms with E-state index < -0.39 is 7.92 Å². The van der Waals surface area contributed by atoms with Crippen molar-refractivity contribution in [3.8, 4) is 0 Å². The molecule has 11 heteroatoms. The Hall–Kier alpha value is -3.65. The Morgan fingerprint density at radius 1 is 0.391 bits per heavy atom. The number of fused-ring (bicyclic) bond motifs is 8. The molecule has 0 fully saturated rings. The minimum atomic E-state index is -0.779. The number of pyridine rings is 3. The van der Waals surface area contributed by atoms with Crippen molar-refractivity contribution >= 4 is 70.6 Å². The molecule has 46 heavy (non-hydrogen) atoms. The number of nitrogens with zero attached hydrogens (tertiary/aromatic N) is 5. The standard InChI is InChI=1S/C20H14N4.C15H12N3P.3Zn/c1-2-14-10-16-5-6-18(23-16)12-20-8-7-19(24-20)11-17-4-3-15(22-17)9-13(1)21-14;1-4-10-16-13(7-1)19(14-8-2-5-11-17-14)15-9-3-6-12-18-15;;;/h1-12,21,24H;1-12H;;;. The Morgan fingerprint density at radius 3 is 0.957 bits per heavy atom. The van der Waals surface area contributed by atoms with Gasteiger partial charge in [0.1, 0.15) is 0 Å². The van der Waals surface area contributed by atoms with Gasteiger partial charge in [-0.3, -0.25) is 15.0 Å². The maximum Gasteiger partial charge on any atom is 0.0753 e. The molecule has 0 aromatic carbocycles. The molecule has 212 valence electrons. The molecule has 2 N–H and O–H groups in total. The molecule has 6 aromatic rings. The third-order valence-electron chi connectivity index (χ3n) is 6.68. The first-order chi connectivity index (χ1) is 21.2. The monoisotopic (exact) mass is 767 g/mol. The summed E-state index contributed by atoms with van der Waals surface area (Å²) in [5, 5.41) is 0. The second-order valence-corrected chi connectivity index (χ2v) is 11.8. The Morgan fingerprint density at radius 2 is 0.696 bits per heavy atom. The van der Waals surface area contributed by atoms with Crippen molar-refractivity contribution in [1.82, 2.24) is 34.9 Å². The van der Waals surface area contributed by atoms with E-state index in [1.54, 1.807) is 0 Å². The zero-order valence-corrected chi connectivity index (χ0v) is 35.0. The molecule has 8 bridgehead atoms. The Bertz CT molecular complexity index is 1830. The van der Waals surface area contributed by atoms with E-state index in [4.69, 9.17) is 0 Å². The first kappa shape index (κ1) is 35.2. The van der Waals surface area contributed by atoms with Crippen molar-refractivity contribution in [1.29, 1.82) is 0 Å². The smallest absolute Gasteiger partial charge is 0.0753 e. The second kappa shape index (κ2) is 16.8. The predicted molar refractivity (Wildman–Crippen MR) is 177 cm³/mol. The van der Waals surface area contributed by atoms with Gasteiger partial charge in [0.15, 0.2) is 0 Å². The Balaban J connectivity index is 0.000000201. The van der Waals surface area contributed by atoms with Crippen LogP contribution in [-0.4, -0.2) is 34.9 Å². The van der Waals surface area contributed by atoms with Gasteiger partial charge in [-0.25, -0.2) is 9.97 Å². The Labute approximate surface area is 306 Å². The summed E-state index contributed by atoms with van der Waals surface area (Å²) in [5.74, 6) is 0. The summed E-state index contributed by atoms with van der Waals surface area (Å²) >= 11 is 0. The summed E-state index contributed by atoms with van der Waals surface area (Å²) in [6.45, 7) is 0. The van der Waals surface area contributed by atoms with Crippen LogP contribution in [0.3, 0.4) is 0 Å². The molecule has 0 unspecified atom stereocenters. The summed E-state index contributed by atoms with van der Waals surface area (Å²) < 4.78 is 0. The molecular weight excluding hydrogens is 746 g/mol. The van der Waals surface area contributed by atoms with Gasteiger partial charge in [0, 0.05) is 107 Å². The van der Waals surface area contributed by atoms with Crippen LogP contribution in [0.4, 0.5) is 0 Å². The topological polar surface area (TPSA) is 96.0 Å². The van der Waals surface area contributed by atoms with E-state index in [0.29, 0.717) is 0 Å². The van der Waals surface area contributed by atoms with Crippen molar-refractivity contribution in [2.24, 2.45) is 0 Å². The van der Waals surface area contributed by atoms with E-state index in [9.17, 15) is 0 Å². The van der Waals surface area contributed by atoms with Crippen molar-refractivity contribution in [2.45, 2.75) is 0 Å². The van der Waals surface area contributed by atoms with E-state index in [0.717, 1.165) is 61.1 Å². The summed E-state index contributed by atoms with van der Waals surface area (Å²) in [5.41, 5.74) is 10.9. The molecule has 2 aliphatic heterocycles. The number of aromatic nitrogens is 7. The molecule has 0 radical (unpaired) electrons. The number of nitrogens with one attached hydrogen (secondary N) is 2. The van der Waals surface area contributed by atoms with Crippen LogP contribution >= 0.6 is 7.92 Å². The molecule has 7 nitrogen and oxygen atoms in total. The van der Waals surface area contributed by atoms with Gasteiger partial charge in [-0.1, -0.05) is 18.2 Å². The van der Waals surface area contributed by atoms with Crippen molar-refractivity contribution in [3.63, 3.8) is 0 Å². The van der Waals surface area contributed by atoms with E-state index in [1.165, 1.54) is 0 Å². The van der Waals surface area contributed by atoms with Gasteiger partial charge in [-0.15, -0.1) is 0 Å². The number of rotatable bonds is 3. The number of hydrogen-bond acceptors (Lipinski definition) is 5. The number of H-pyrrole nitrogens is 2. The molecule has 0 spiro atoms. The van der Waals surface area contributed by atoms with Crippen LogP contribution in [0.15, 0.2) is 122 Å². The molecule has 8 rings (SSSR count). The van der Waals surface area contributed by atoms with Gasteiger partial charge in [0.05, 0.1) is 39.1 Å². The van der Waals surface area contributed by atoms with Crippen LogP contribution in [0, 0.1) is 0 Å². The molecule has 0 amide bonds.